The molecule has 2 N–H and O–H groups in total. The smallest absolute Gasteiger partial charge is 0.251 e. The highest BCUT2D eigenvalue weighted by molar-refractivity contribution is 14.0. The third-order valence-corrected chi connectivity index (χ3v) is 4.49. The molecule has 0 saturated carbocycles. The van der Waals surface area contributed by atoms with Crippen molar-refractivity contribution in [1.29, 1.82) is 0 Å². The highest BCUT2D eigenvalue weighted by atomic mass is 127. The quantitative estimate of drug-likeness (QED) is 0.415. The number of nitrogens with one attached hydrogen (secondary N) is 2. The first kappa shape index (κ1) is 21.7. The maximum Gasteiger partial charge on any atom is 0.251 e. The Morgan fingerprint density at radius 3 is 2.56 bits per heavy atom. The molecular weight excluding hydrogens is 427 g/mol. The summed E-state index contributed by atoms with van der Waals surface area (Å²) in [5, 5.41) is 6.13. The van der Waals surface area contributed by atoms with Crippen molar-refractivity contribution >= 4 is 35.8 Å². The summed E-state index contributed by atoms with van der Waals surface area (Å²) >= 11 is 0. The fourth-order valence-electron chi connectivity index (χ4n) is 3.50. The number of guanidine groups is 1. The number of amides is 1. The molecule has 1 heterocycles. The lowest BCUT2D eigenvalue weighted by molar-refractivity contribution is 0.0963. The summed E-state index contributed by atoms with van der Waals surface area (Å²) in [5.74, 6) is 2.35. The molecule has 0 radical (unpaired) electrons. The number of carbonyl (C=O) groups excluding carboxylic acids is 1. The zero-order valence-electron chi connectivity index (χ0n) is 15.7. The van der Waals surface area contributed by atoms with E-state index in [1.807, 2.05) is 25.2 Å². The number of hydrogen-bond acceptors (Lipinski definition) is 2. The Kier molecular flexibility index (Phi) is 9.24. The van der Waals surface area contributed by atoms with Gasteiger partial charge in [-0.1, -0.05) is 26.0 Å². The second kappa shape index (κ2) is 10.6. The number of likely N-dealkylation sites (tertiary alicyclic amines) is 1. The first-order valence-corrected chi connectivity index (χ1v) is 8.80. The van der Waals surface area contributed by atoms with Gasteiger partial charge >= 0.3 is 0 Å². The van der Waals surface area contributed by atoms with Crippen molar-refractivity contribution in [1.82, 2.24) is 15.5 Å². The van der Waals surface area contributed by atoms with Crippen LogP contribution in [0.4, 0.5) is 0 Å². The molecule has 2 atom stereocenters. The number of rotatable bonds is 4. The summed E-state index contributed by atoms with van der Waals surface area (Å²) in [5.41, 5.74) is 1.86. The maximum atomic E-state index is 11.7. The van der Waals surface area contributed by atoms with Gasteiger partial charge in [0, 0.05) is 39.3 Å². The van der Waals surface area contributed by atoms with E-state index in [4.69, 9.17) is 0 Å². The van der Waals surface area contributed by atoms with Crippen molar-refractivity contribution in [2.45, 2.75) is 26.7 Å². The number of piperidine rings is 1. The largest absolute Gasteiger partial charge is 0.356 e. The van der Waals surface area contributed by atoms with Crippen LogP contribution in [0.3, 0.4) is 0 Å². The Balaban J connectivity index is 0.00000312. The second-order valence-electron chi connectivity index (χ2n) is 6.85. The summed E-state index contributed by atoms with van der Waals surface area (Å²) in [6.07, 6.45) is 2.16. The number of halogens is 1. The summed E-state index contributed by atoms with van der Waals surface area (Å²) in [7, 11) is 3.50. The predicted octanol–water partition coefficient (Wildman–Crippen LogP) is 2.76. The van der Waals surface area contributed by atoms with E-state index in [0.717, 1.165) is 37.6 Å². The van der Waals surface area contributed by atoms with E-state index in [2.05, 4.69) is 40.4 Å². The molecule has 5 nitrogen and oxygen atoms in total. The average molecular weight is 458 g/mol. The summed E-state index contributed by atoms with van der Waals surface area (Å²) in [6, 6.07) is 7.78. The fourth-order valence-corrected chi connectivity index (χ4v) is 3.50. The van der Waals surface area contributed by atoms with Gasteiger partial charge in [0.15, 0.2) is 5.96 Å². The van der Waals surface area contributed by atoms with Crippen molar-refractivity contribution in [3.05, 3.63) is 35.4 Å². The van der Waals surface area contributed by atoms with Gasteiger partial charge in [0.2, 0.25) is 0 Å². The number of benzene rings is 1. The minimum Gasteiger partial charge on any atom is -0.356 e. The third kappa shape index (κ3) is 6.49. The minimum absolute atomic E-state index is 0. The van der Waals surface area contributed by atoms with E-state index in [-0.39, 0.29) is 29.9 Å². The Morgan fingerprint density at radius 1 is 1.28 bits per heavy atom. The van der Waals surface area contributed by atoms with Gasteiger partial charge in [-0.3, -0.25) is 9.79 Å². The molecule has 0 spiro atoms. The molecule has 1 aliphatic rings. The standard InChI is InChI=1S/C19H30N4O.HI/c1-14-10-15(2)13-23(12-14)19(21-4)22-9-8-16-6-5-7-17(11-16)18(24)20-3;/h5-7,11,14-15H,8-10,12-13H2,1-4H3,(H,20,24)(H,21,22);1H. The molecule has 2 rings (SSSR count). The van der Waals surface area contributed by atoms with Gasteiger partial charge in [-0.25, -0.2) is 0 Å². The van der Waals surface area contributed by atoms with Crippen LogP contribution in [-0.4, -0.2) is 50.5 Å². The number of nitrogens with zero attached hydrogens (tertiary/aromatic N) is 2. The molecule has 1 aromatic carbocycles. The third-order valence-electron chi connectivity index (χ3n) is 4.49. The fraction of sp³-hybridized carbons (Fsp3) is 0.579. The van der Waals surface area contributed by atoms with E-state index in [1.54, 1.807) is 7.05 Å². The van der Waals surface area contributed by atoms with Crippen LogP contribution >= 0.6 is 24.0 Å². The van der Waals surface area contributed by atoms with Gasteiger partial charge < -0.3 is 15.5 Å². The summed E-state index contributed by atoms with van der Waals surface area (Å²) < 4.78 is 0. The molecule has 1 aliphatic heterocycles. The van der Waals surface area contributed by atoms with Gasteiger partial charge in [-0.2, -0.15) is 0 Å². The summed E-state index contributed by atoms with van der Waals surface area (Å²) in [6.45, 7) is 7.55. The topological polar surface area (TPSA) is 56.7 Å². The molecular formula is C19H31IN4O. The van der Waals surface area contributed by atoms with Gasteiger partial charge in [0.05, 0.1) is 0 Å². The second-order valence-corrected chi connectivity index (χ2v) is 6.85. The van der Waals surface area contributed by atoms with Crippen molar-refractivity contribution in [3.8, 4) is 0 Å². The van der Waals surface area contributed by atoms with E-state index >= 15 is 0 Å². The molecule has 6 heteroatoms. The Bertz CT molecular complexity index is 581. The van der Waals surface area contributed by atoms with Crippen molar-refractivity contribution in [2.24, 2.45) is 16.8 Å². The Morgan fingerprint density at radius 2 is 1.96 bits per heavy atom. The highest BCUT2D eigenvalue weighted by Crippen LogP contribution is 2.20. The highest BCUT2D eigenvalue weighted by Gasteiger charge is 2.23. The van der Waals surface area contributed by atoms with Crippen molar-refractivity contribution < 1.29 is 4.79 Å². The Hall–Kier alpha value is -1.31. The van der Waals surface area contributed by atoms with Crippen LogP contribution in [-0.2, 0) is 6.42 Å². The van der Waals surface area contributed by atoms with Crippen LogP contribution < -0.4 is 10.6 Å². The van der Waals surface area contributed by atoms with Gasteiger partial charge in [0.1, 0.15) is 0 Å². The van der Waals surface area contributed by atoms with Crippen LogP contribution in [0.25, 0.3) is 0 Å². The predicted molar refractivity (Wildman–Crippen MR) is 115 cm³/mol. The lowest BCUT2D eigenvalue weighted by Crippen LogP contribution is -2.48. The monoisotopic (exact) mass is 458 g/mol. The summed E-state index contributed by atoms with van der Waals surface area (Å²) in [4.78, 5) is 18.5. The molecule has 0 aliphatic carbocycles. The molecule has 2 unspecified atom stereocenters. The number of hydrogen-bond donors (Lipinski definition) is 2. The zero-order valence-corrected chi connectivity index (χ0v) is 18.0. The van der Waals surface area contributed by atoms with Crippen LogP contribution in [0.15, 0.2) is 29.3 Å². The van der Waals surface area contributed by atoms with Gasteiger partial charge in [-0.05, 0) is 42.4 Å². The van der Waals surface area contributed by atoms with Crippen LogP contribution in [0.1, 0.15) is 36.2 Å². The molecule has 1 aromatic rings. The molecule has 1 amide bonds. The molecule has 1 fully saturated rings. The van der Waals surface area contributed by atoms with Crippen LogP contribution in [0.5, 0.6) is 0 Å². The number of aliphatic imine (C=N–C) groups is 1. The molecule has 140 valence electrons. The van der Waals surface area contributed by atoms with Gasteiger partial charge in [0.25, 0.3) is 5.91 Å². The van der Waals surface area contributed by atoms with Crippen molar-refractivity contribution in [2.75, 3.05) is 33.7 Å². The first-order valence-electron chi connectivity index (χ1n) is 8.80. The van der Waals surface area contributed by atoms with Crippen LogP contribution in [0, 0.1) is 11.8 Å². The van der Waals surface area contributed by atoms with E-state index in [1.165, 1.54) is 6.42 Å². The lowest BCUT2D eigenvalue weighted by atomic mass is 9.92. The van der Waals surface area contributed by atoms with E-state index in [0.29, 0.717) is 17.4 Å². The number of carbonyl (C=O) groups is 1. The molecule has 0 aromatic heterocycles. The zero-order chi connectivity index (χ0) is 17.5. The molecule has 1 saturated heterocycles. The van der Waals surface area contributed by atoms with E-state index in [9.17, 15) is 4.79 Å². The van der Waals surface area contributed by atoms with E-state index < -0.39 is 0 Å². The van der Waals surface area contributed by atoms with Crippen LogP contribution in [0.2, 0.25) is 0 Å². The minimum atomic E-state index is -0.0445. The molecule has 0 bridgehead atoms. The maximum absolute atomic E-state index is 11.7. The first-order chi connectivity index (χ1) is 11.5. The molecule has 25 heavy (non-hydrogen) atoms. The Labute approximate surface area is 168 Å². The van der Waals surface area contributed by atoms with Crippen molar-refractivity contribution in [3.63, 3.8) is 0 Å². The normalized spacial score (nSPS) is 20.6. The lowest BCUT2D eigenvalue weighted by Gasteiger charge is -2.37. The average Bonchev–Trinajstić information content (AvgIpc) is 2.57. The van der Waals surface area contributed by atoms with Gasteiger partial charge in [-0.15, -0.1) is 24.0 Å². The SMILES string of the molecule is CN=C(NCCc1cccc(C(=O)NC)c1)N1CC(C)CC(C)C1.I.